The molecule has 1 atom stereocenters. The SMILES string of the molecule is CN(C)C(=O)c1ccc2c(c1)N(C)C(CC(=O)O)CO2. The lowest BCUT2D eigenvalue weighted by Gasteiger charge is -2.35. The zero-order valence-electron chi connectivity index (χ0n) is 11.8. The number of carbonyl (C=O) groups excluding carboxylic acids is 1. The van der Waals surface area contributed by atoms with Crippen molar-refractivity contribution in [3.8, 4) is 5.75 Å². The molecule has 0 radical (unpaired) electrons. The summed E-state index contributed by atoms with van der Waals surface area (Å²) >= 11 is 0. The lowest BCUT2D eigenvalue weighted by atomic mass is 10.1. The summed E-state index contributed by atoms with van der Waals surface area (Å²) in [5, 5.41) is 8.90. The molecule has 0 spiro atoms. The Morgan fingerprint density at radius 3 is 2.75 bits per heavy atom. The minimum absolute atomic E-state index is 0.00178. The van der Waals surface area contributed by atoms with Crippen LogP contribution >= 0.6 is 0 Å². The summed E-state index contributed by atoms with van der Waals surface area (Å²) in [6.45, 7) is 0.330. The lowest BCUT2D eigenvalue weighted by molar-refractivity contribution is -0.137. The van der Waals surface area contributed by atoms with Crippen LogP contribution in [0.15, 0.2) is 18.2 Å². The number of rotatable bonds is 3. The van der Waals surface area contributed by atoms with Crippen LogP contribution in [0.3, 0.4) is 0 Å². The van der Waals surface area contributed by atoms with Crippen molar-refractivity contribution in [2.45, 2.75) is 12.5 Å². The zero-order chi connectivity index (χ0) is 14.9. The van der Waals surface area contributed by atoms with E-state index in [9.17, 15) is 9.59 Å². The van der Waals surface area contributed by atoms with Gasteiger partial charge in [-0.1, -0.05) is 0 Å². The van der Waals surface area contributed by atoms with Gasteiger partial charge in [-0.25, -0.2) is 0 Å². The van der Waals surface area contributed by atoms with E-state index in [0.29, 0.717) is 17.9 Å². The van der Waals surface area contributed by atoms with Crippen molar-refractivity contribution in [1.82, 2.24) is 4.90 Å². The molecule has 1 aliphatic rings. The first-order valence-corrected chi connectivity index (χ1v) is 6.33. The summed E-state index contributed by atoms with van der Waals surface area (Å²) in [6.07, 6.45) is 0.00178. The zero-order valence-corrected chi connectivity index (χ0v) is 11.8. The second-order valence-electron chi connectivity index (χ2n) is 5.06. The third-order valence-corrected chi connectivity index (χ3v) is 3.38. The molecule has 1 aliphatic heterocycles. The van der Waals surface area contributed by atoms with Crippen molar-refractivity contribution < 1.29 is 19.4 Å². The van der Waals surface area contributed by atoms with E-state index in [2.05, 4.69) is 0 Å². The highest BCUT2D eigenvalue weighted by Crippen LogP contribution is 2.34. The number of amides is 1. The number of carboxylic acids is 1. The molecule has 0 saturated heterocycles. The number of aliphatic carboxylic acids is 1. The maximum atomic E-state index is 12.0. The molecule has 0 bridgehead atoms. The molecule has 0 fully saturated rings. The normalized spacial score (nSPS) is 17.1. The van der Waals surface area contributed by atoms with Gasteiger partial charge in [-0.05, 0) is 18.2 Å². The van der Waals surface area contributed by atoms with Crippen molar-refractivity contribution in [2.24, 2.45) is 0 Å². The fraction of sp³-hybridized carbons (Fsp3) is 0.429. The standard InChI is InChI=1S/C14H18N2O4/c1-15(2)14(19)9-4-5-12-11(6-9)16(3)10(8-20-12)7-13(17)18/h4-6,10H,7-8H2,1-3H3,(H,17,18). The van der Waals surface area contributed by atoms with E-state index in [1.807, 2.05) is 11.9 Å². The Balaban J connectivity index is 2.30. The van der Waals surface area contributed by atoms with Crippen LogP contribution in [0, 0.1) is 0 Å². The van der Waals surface area contributed by atoms with Gasteiger partial charge in [0.15, 0.2) is 0 Å². The first-order chi connectivity index (χ1) is 9.40. The second-order valence-corrected chi connectivity index (χ2v) is 5.06. The van der Waals surface area contributed by atoms with Gasteiger partial charge < -0.3 is 19.6 Å². The molecule has 0 aliphatic carbocycles. The Morgan fingerprint density at radius 1 is 1.45 bits per heavy atom. The van der Waals surface area contributed by atoms with Crippen LogP contribution < -0.4 is 9.64 Å². The van der Waals surface area contributed by atoms with E-state index < -0.39 is 5.97 Å². The number of hydrogen-bond acceptors (Lipinski definition) is 4. The molecule has 20 heavy (non-hydrogen) atoms. The molecule has 6 heteroatoms. The van der Waals surface area contributed by atoms with Gasteiger partial charge in [0.2, 0.25) is 0 Å². The first-order valence-electron chi connectivity index (χ1n) is 6.33. The van der Waals surface area contributed by atoms with Gasteiger partial charge in [0.1, 0.15) is 12.4 Å². The number of ether oxygens (including phenoxy) is 1. The summed E-state index contributed by atoms with van der Waals surface area (Å²) in [5.41, 5.74) is 1.30. The highest BCUT2D eigenvalue weighted by atomic mass is 16.5. The van der Waals surface area contributed by atoms with Gasteiger partial charge in [-0.2, -0.15) is 0 Å². The lowest BCUT2D eigenvalue weighted by Crippen LogP contribution is -2.42. The van der Waals surface area contributed by atoms with Crippen LogP contribution in [-0.4, -0.2) is 55.7 Å². The topological polar surface area (TPSA) is 70.1 Å². The van der Waals surface area contributed by atoms with Crippen LogP contribution in [0.2, 0.25) is 0 Å². The number of carboxylic acid groups (broad SMARTS) is 1. The third-order valence-electron chi connectivity index (χ3n) is 3.38. The molecule has 1 unspecified atom stereocenters. The average molecular weight is 278 g/mol. The van der Waals surface area contributed by atoms with Crippen LogP contribution in [0.1, 0.15) is 16.8 Å². The summed E-state index contributed by atoms with van der Waals surface area (Å²) in [5.74, 6) is -0.291. The second kappa shape index (κ2) is 5.40. The van der Waals surface area contributed by atoms with Gasteiger partial charge in [-0.3, -0.25) is 9.59 Å². The molecule has 6 nitrogen and oxygen atoms in total. The van der Waals surface area contributed by atoms with E-state index in [0.717, 1.165) is 5.69 Å². The number of nitrogens with zero attached hydrogens (tertiary/aromatic N) is 2. The molecule has 1 amide bonds. The van der Waals surface area contributed by atoms with Crippen molar-refractivity contribution in [2.75, 3.05) is 32.6 Å². The molecule has 1 aromatic carbocycles. The maximum Gasteiger partial charge on any atom is 0.305 e. The minimum Gasteiger partial charge on any atom is -0.489 e. The molecule has 1 aromatic rings. The van der Waals surface area contributed by atoms with Gasteiger partial charge >= 0.3 is 5.97 Å². The van der Waals surface area contributed by atoms with E-state index in [1.54, 1.807) is 32.3 Å². The molecular weight excluding hydrogens is 260 g/mol. The Morgan fingerprint density at radius 2 is 2.15 bits per heavy atom. The summed E-state index contributed by atoms with van der Waals surface area (Å²) in [6, 6.07) is 4.97. The molecule has 0 saturated carbocycles. The summed E-state index contributed by atoms with van der Waals surface area (Å²) in [7, 11) is 5.20. The number of likely N-dealkylation sites (N-methyl/N-ethyl adjacent to an activating group) is 1. The fourth-order valence-electron chi connectivity index (χ4n) is 2.20. The molecule has 108 valence electrons. The minimum atomic E-state index is -0.866. The predicted molar refractivity (Wildman–Crippen MR) is 74.4 cm³/mol. The van der Waals surface area contributed by atoms with E-state index in [-0.39, 0.29) is 18.4 Å². The first kappa shape index (κ1) is 14.2. The molecule has 1 heterocycles. The van der Waals surface area contributed by atoms with E-state index in [1.165, 1.54) is 4.90 Å². The number of fused-ring (bicyclic) bond motifs is 1. The van der Waals surface area contributed by atoms with Gasteiger partial charge in [0, 0.05) is 26.7 Å². The van der Waals surface area contributed by atoms with E-state index in [4.69, 9.17) is 9.84 Å². The van der Waals surface area contributed by atoms with E-state index >= 15 is 0 Å². The van der Waals surface area contributed by atoms with Gasteiger partial charge in [0.05, 0.1) is 18.2 Å². The predicted octanol–water partition coefficient (Wildman–Crippen LogP) is 1.06. The Labute approximate surface area is 117 Å². The van der Waals surface area contributed by atoms with Gasteiger partial charge in [-0.15, -0.1) is 0 Å². The number of benzene rings is 1. The third kappa shape index (κ3) is 2.68. The molecule has 2 rings (SSSR count). The van der Waals surface area contributed by atoms with Crippen molar-refractivity contribution >= 4 is 17.6 Å². The average Bonchev–Trinajstić information content (AvgIpc) is 2.40. The molecule has 1 N–H and O–H groups in total. The molecular formula is C14H18N2O4. The summed E-state index contributed by atoms with van der Waals surface area (Å²) < 4.78 is 5.57. The molecule has 0 aromatic heterocycles. The largest absolute Gasteiger partial charge is 0.489 e. The number of carbonyl (C=O) groups is 2. The summed E-state index contributed by atoms with van der Waals surface area (Å²) in [4.78, 5) is 26.2. The van der Waals surface area contributed by atoms with Crippen LogP contribution in [0.5, 0.6) is 5.75 Å². The van der Waals surface area contributed by atoms with Crippen LogP contribution in [0.4, 0.5) is 5.69 Å². The quantitative estimate of drug-likeness (QED) is 0.895. The monoisotopic (exact) mass is 278 g/mol. The Kier molecular flexibility index (Phi) is 3.83. The van der Waals surface area contributed by atoms with Crippen LogP contribution in [-0.2, 0) is 4.79 Å². The maximum absolute atomic E-state index is 12.0. The number of anilines is 1. The smallest absolute Gasteiger partial charge is 0.305 e. The van der Waals surface area contributed by atoms with Gasteiger partial charge in [0.25, 0.3) is 5.91 Å². The van der Waals surface area contributed by atoms with Crippen LogP contribution in [0.25, 0.3) is 0 Å². The Hall–Kier alpha value is -2.24. The van der Waals surface area contributed by atoms with Crippen molar-refractivity contribution in [3.05, 3.63) is 23.8 Å². The van der Waals surface area contributed by atoms with Crippen molar-refractivity contribution in [1.29, 1.82) is 0 Å². The highest BCUT2D eigenvalue weighted by Gasteiger charge is 2.27. The fourth-order valence-corrected chi connectivity index (χ4v) is 2.20. The number of hydrogen-bond donors (Lipinski definition) is 1. The van der Waals surface area contributed by atoms with Crippen molar-refractivity contribution in [3.63, 3.8) is 0 Å². The Bertz CT molecular complexity index is 542. The highest BCUT2D eigenvalue weighted by molar-refractivity contribution is 5.95.